The number of sulfonamides is 1. The van der Waals surface area contributed by atoms with Gasteiger partial charge in [0.1, 0.15) is 0 Å². The van der Waals surface area contributed by atoms with Crippen LogP contribution in [0.2, 0.25) is 0 Å². The first-order valence-corrected chi connectivity index (χ1v) is 8.86. The fraction of sp³-hybridized carbons (Fsp3) is 0.294. The predicted molar refractivity (Wildman–Crippen MR) is 85.9 cm³/mol. The molecule has 0 radical (unpaired) electrons. The normalized spacial score (nSPS) is 17.5. The van der Waals surface area contributed by atoms with E-state index in [4.69, 9.17) is 0 Å². The van der Waals surface area contributed by atoms with E-state index in [2.05, 4.69) is 0 Å². The van der Waals surface area contributed by atoms with Crippen molar-refractivity contribution in [3.63, 3.8) is 0 Å². The van der Waals surface area contributed by atoms with Crippen molar-refractivity contribution in [2.75, 3.05) is 13.1 Å². The van der Waals surface area contributed by atoms with E-state index in [-0.39, 0.29) is 0 Å². The maximum absolute atomic E-state index is 12.9. The molecule has 1 N–H and O–H groups in total. The number of hydrogen-bond acceptors (Lipinski definition) is 3. The molecule has 1 fully saturated rings. The molecule has 22 heavy (non-hydrogen) atoms. The number of benzene rings is 2. The van der Waals surface area contributed by atoms with Crippen LogP contribution in [0.25, 0.3) is 11.1 Å². The molecule has 3 rings (SSSR count). The molecule has 2 aromatic rings. The Morgan fingerprint density at radius 1 is 0.909 bits per heavy atom. The first-order valence-electron chi connectivity index (χ1n) is 7.42. The lowest BCUT2D eigenvalue weighted by Gasteiger charge is -2.29. The minimum absolute atomic E-state index is 0.331. The molecule has 0 unspecified atom stereocenters. The highest BCUT2D eigenvalue weighted by molar-refractivity contribution is 7.89. The SMILES string of the molecule is O=S(=O)(c1ccccc1-c1ccccc1)N1CCC(O)CC1. The zero-order valence-corrected chi connectivity index (χ0v) is 13.0. The van der Waals surface area contributed by atoms with Crippen LogP contribution in [-0.2, 0) is 10.0 Å². The topological polar surface area (TPSA) is 57.6 Å². The smallest absolute Gasteiger partial charge is 0.243 e. The third-order valence-electron chi connectivity index (χ3n) is 4.01. The van der Waals surface area contributed by atoms with E-state index in [0.29, 0.717) is 36.4 Å². The summed E-state index contributed by atoms with van der Waals surface area (Å²) in [7, 11) is -3.54. The number of piperidine rings is 1. The lowest BCUT2D eigenvalue weighted by Crippen LogP contribution is -2.40. The van der Waals surface area contributed by atoms with Gasteiger partial charge in [-0.25, -0.2) is 8.42 Å². The van der Waals surface area contributed by atoms with Gasteiger partial charge in [0.25, 0.3) is 0 Å². The third kappa shape index (κ3) is 2.92. The highest BCUT2D eigenvalue weighted by Crippen LogP contribution is 2.30. The van der Waals surface area contributed by atoms with Crippen molar-refractivity contribution in [3.05, 3.63) is 54.6 Å². The highest BCUT2D eigenvalue weighted by atomic mass is 32.2. The standard InChI is InChI=1S/C17H19NO3S/c19-15-10-12-18(13-11-15)22(20,21)17-9-5-4-8-16(17)14-6-2-1-3-7-14/h1-9,15,19H,10-13H2. The van der Waals surface area contributed by atoms with Gasteiger partial charge in [-0.1, -0.05) is 48.5 Å². The molecule has 0 atom stereocenters. The largest absolute Gasteiger partial charge is 0.393 e. The molecule has 0 aromatic heterocycles. The van der Waals surface area contributed by atoms with Crippen LogP contribution in [-0.4, -0.2) is 37.0 Å². The Bertz CT molecular complexity index is 736. The summed E-state index contributed by atoms with van der Waals surface area (Å²) < 4.78 is 27.3. The van der Waals surface area contributed by atoms with E-state index in [9.17, 15) is 13.5 Å². The van der Waals surface area contributed by atoms with E-state index in [0.717, 1.165) is 5.56 Å². The third-order valence-corrected chi connectivity index (χ3v) is 5.97. The minimum atomic E-state index is -3.54. The van der Waals surface area contributed by atoms with Gasteiger partial charge in [0, 0.05) is 18.7 Å². The van der Waals surface area contributed by atoms with Gasteiger partial charge in [0.05, 0.1) is 11.0 Å². The van der Waals surface area contributed by atoms with E-state index in [1.54, 1.807) is 12.1 Å². The van der Waals surface area contributed by atoms with Gasteiger partial charge in [-0.05, 0) is 24.5 Å². The van der Waals surface area contributed by atoms with Crippen molar-refractivity contribution >= 4 is 10.0 Å². The molecular formula is C17H19NO3S. The van der Waals surface area contributed by atoms with Crippen LogP contribution in [0.1, 0.15) is 12.8 Å². The number of rotatable bonds is 3. The average Bonchev–Trinajstić information content (AvgIpc) is 2.56. The summed E-state index contributed by atoms with van der Waals surface area (Å²) in [6.07, 6.45) is 0.593. The van der Waals surface area contributed by atoms with Crippen molar-refractivity contribution < 1.29 is 13.5 Å². The maximum atomic E-state index is 12.9. The van der Waals surface area contributed by atoms with Crippen LogP contribution >= 0.6 is 0 Å². The van der Waals surface area contributed by atoms with Crippen LogP contribution < -0.4 is 0 Å². The van der Waals surface area contributed by atoms with E-state index in [1.807, 2.05) is 42.5 Å². The van der Waals surface area contributed by atoms with Crippen LogP contribution in [0.15, 0.2) is 59.5 Å². The maximum Gasteiger partial charge on any atom is 0.243 e. The average molecular weight is 317 g/mol. The van der Waals surface area contributed by atoms with Crippen molar-refractivity contribution in [1.29, 1.82) is 0 Å². The predicted octanol–water partition coefficient (Wildman–Crippen LogP) is 2.50. The molecule has 0 saturated carbocycles. The first-order chi connectivity index (χ1) is 10.6. The van der Waals surface area contributed by atoms with Crippen LogP contribution in [0, 0.1) is 0 Å². The molecule has 5 heteroatoms. The van der Waals surface area contributed by atoms with Gasteiger partial charge in [0.15, 0.2) is 0 Å². The van der Waals surface area contributed by atoms with E-state index < -0.39 is 16.1 Å². The van der Waals surface area contributed by atoms with Gasteiger partial charge in [-0.15, -0.1) is 0 Å². The van der Waals surface area contributed by atoms with Crippen LogP contribution in [0.3, 0.4) is 0 Å². The number of hydrogen-bond donors (Lipinski definition) is 1. The summed E-state index contributed by atoms with van der Waals surface area (Å²) in [5.41, 5.74) is 1.60. The first kappa shape index (κ1) is 15.2. The number of nitrogens with zero attached hydrogens (tertiary/aromatic N) is 1. The lowest BCUT2D eigenvalue weighted by atomic mass is 10.1. The second kappa shape index (κ2) is 6.20. The number of aliphatic hydroxyl groups excluding tert-OH is 1. The van der Waals surface area contributed by atoms with Gasteiger partial charge in [-0.3, -0.25) is 0 Å². The van der Waals surface area contributed by atoms with Gasteiger partial charge in [-0.2, -0.15) is 4.31 Å². The fourth-order valence-corrected chi connectivity index (χ4v) is 4.45. The summed E-state index contributed by atoms with van der Waals surface area (Å²) in [4.78, 5) is 0.331. The van der Waals surface area contributed by atoms with Crippen molar-refractivity contribution in [2.45, 2.75) is 23.8 Å². The van der Waals surface area contributed by atoms with Crippen molar-refractivity contribution in [2.24, 2.45) is 0 Å². The summed E-state index contributed by atoms with van der Waals surface area (Å²) in [6, 6.07) is 16.6. The molecule has 0 bridgehead atoms. The van der Waals surface area contributed by atoms with Crippen LogP contribution in [0.4, 0.5) is 0 Å². The zero-order chi connectivity index (χ0) is 15.6. The van der Waals surface area contributed by atoms with Crippen molar-refractivity contribution in [1.82, 2.24) is 4.31 Å². The highest BCUT2D eigenvalue weighted by Gasteiger charge is 2.30. The molecular weight excluding hydrogens is 298 g/mol. The van der Waals surface area contributed by atoms with Gasteiger partial charge in [0.2, 0.25) is 10.0 Å². The van der Waals surface area contributed by atoms with Gasteiger partial charge < -0.3 is 5.11 Å². The van der Waals surface area contributed by atoms with Crippen LogP contribution in [0.5, 0.6) is 0 Å². The molecule has 2 aromatic carbocycles. The molecule has 1 heterocycles. The summed E-state index contributed by atoms with van der Waals surface area (Å²) in [6.45, 7) is 0.735. The summed E-state index contributed by atoms with van der Waals surface area (Å²) in [5, 5.41) is 9.57. The molecule has 1 aliphatic rings. The van der Waals surface area contributed by atoms with Crippen molar-refractivity contribution in [3.8, 4) is 11.1 Å². The Morgan fingerprint density at radius 3 is 2.18 bits per heavy atom. The zero-order valence-electron chi connectivity index (χ0n) is 12.2. The molecule has 0 aliphatic carbocycles. The second-order valence-electron chi connectivity index (χ2n) is 5.50. The Labute approximate surface area is 131 Å². The quantitative estimate of drug-likeness (QED) is 0.946. The molecule has 0 spiro atoms. The molecule has 4 nitrogen and oxygen atoms in total. The summed E-state index contributed by atoms with van der Waals surface area (Å²) >= 11 is 0. The Balaban J connectivity index is 2.01. The number of aliphatic hydroxyl groups is 1. The monoisotopic (exact) mass is 317 g/mol. The summed E-state index contributed by atoms with van der Waals surface area (Å²) in [5.74, 6) is 0. The minimum Gasteiger partial charge on any atom is -0.393 e. The second-order valence-corrected chi connectivity index (χ2v) is 7.40. The van der Waals surface area contributed by atoms with E-state index >= 15 is 0 Å². The Kier molecular flexibility index (Phi) is 4.29. The fourth-order valence-electron chi connectivity index (χ4n) is 2.77. The lowest BCUT2D eigenvalue weighted by molar-refractivity contribution is 0.113. The molecule has 116 valence electrons. The van der Waals surface area contributed by atoms with Gasteiger partial charge >= 0.3 is 0 Å². The Morgan fingerprint density at radius 2 is 1.50 bits per heavy atom. The Hall–Kier alpha value is -1.69. The molecule has 1 saturated heterocycles. The molecule has 1 aliphatic heterocycles. The molecule has 0 amide bonds. The van der Waals surface area contributed by atoms with E-state index in [1.165, 1.54) is 4.31 Å².